The summed E-state index contributed by atoms with van der Waals surface area (Å²) < 4.78 is 12.6. The topological polar surface area (TPSA) is 62.3 Å². The molecule has 0 saturated heterocycles. The van der Waals surface area contributed by atoms with Crippen molar-refractivity contribution in [3.63, 3.8) is 0 Å². The van der Waals surface area contributed by atoms with Crippen LogP contribution >= 0.6 is 11.3 Å². The molecule has 0 fully saturated rings. The summed E-state index contributed by atoms with van der Waals surface area (Å²) in [5.41, 5.74) is 8.63. The van der Waals surface area contributed by atoms with Gasteiger partial charge in [0.05, 0.1) is 36.2 Å². The first kappa shape index (κ1) is 15.6. The molecular weight excluding hydrogens is 310 g/mol. The molecule has 2 heterocycles. The lowest BCUT2D eigenvalue weighted by atomic mass is 10.2. The van der Waals surface area contributed by atoms with E-state index in [2.05, 4.69) is 17.5 Å². The van der Waals surface area contributed by atoms with Crippen LogP contribution in [0.3, 0.4) is 0 Å². The molecule has 0 radical (unpaired) electrons. The second-order valence-corrected chi connectivity index (χ2v) is 5.94. The van der Waals surface area contributed by atoms with Crippen molar-refractivity contribution in [2.24, 2.45) is 5.73 Å². The third kappa shape index (κ3) is 3.09. The number of hydrogen-bond donors (Lipinski definition) is 1. The lowest BCUT2D eigenvalue weighted by Crippen LogP contribution is -2.04. The van der Waals surface area contributed by atoms with E-state index in [0.717, 1.165) is 28.4 Å². The number of methoxy groups -OCH3 is 2. The van der Waals surface area contributed by atoms with Gasteiger partial charge < -0.3 is 15.2 Å². The molecule has 5 nitrogen and oxygen atoms in total. The van der Waals surface area contributed by atoms with E-state index < -0.39 is 0 Å². The highest BCUT2D eigenvalue weighted by atomic mass is 32.1. The van der Waals surface area contributed by atoms with Crippen LogP contribution in [0.5, 0.6) is 11.5 Å². The zero-order valence-corrected chi connectivity index (χ0v) is 14.0. The van der Waals surface area contributed by atoms with Crippen LogP contribution < -0.4 is 15.2 Å². The molecule has 23 heavy (non-hydrogen) atoms. The molecule has 0 spiro atoms. The van der Waals surface area contributed by atoms with Gasteiger partial charge in [-0.2, -0.15) is 5.10 Å². The molecule has 2 N–H and O–H groups in total. The van der Waals surface area contributed by atoms with E-state index in [-0.39, 0.29) is 0 Å². The van der Waals surface area contributed by atoms with Crippen molar-refractivity contribution in [3.05, 3.63) is 47.5 Å². The van der Waals surface area contributed by atoms with Crippen LogP contribution in [0.4, 0.5) is 0 Å². The van der Waals surface area contributed by atoms with Crippen molar-refractivity contribution in [2.75, 3.05) is 20.8 Å². The van der Waals surface area contributed by atoms with E-state index >= 15 is 0 Å². The van der Waals surface area contributed by atoms with E-state index in [4.69, 9.17) is 20.3 Å². The molecule has 120 valence electrons. The van der Waals surface area contributed by atoms with Gasteiger partial charge in [-0.1, -0.05) is 6.07 Å². The van der Waals surface area contributed by atoms with Gasteiger partial charge in [-0.05, 0) is 36.2 Å². The Hall–Kier alpha value is -2.31. The average molecular weight is 329 g/mol. The Labute approximate surface area is 139 Å². The van der Waals surface area contributed by atoms with Gasteiger partial charge in [0, 0.05) is 12.5 Å². The summed E-state index contributed by atoms with van der Waals surface area (Å²) in [7, 11) is 3.26. The molecule has 0 aliphatic rings. The van der Waals surface area contributed by atoms with Gasteiger partial charge >= 0.3 is 0 Å². The van der Waals surface area contributed by atoms with Crippen LogP contribution in [0.25, 0.3) is 16.3 Å². The highest BCUT2D eigenvalue weighted by Crippen LogP contribution is 2.32. The predicted octanol–water partition coefficient (Wildman–Crippen LogP) is 3.12. The van der Waals surface area contributed by atoms with Crippen molar-refractivity contribution in [3.8, 4) is 27.8 Å². The highest BCUT2D eigenvalue weighted by molar-refractivity contribution is 7.13. The third-order valence-corrected chi connectivity index (χ3v) is 4.44. The minimum atomic E-state index is 0.576. The summed E-state index contributed by atoms with van der Waals surface area (Å²) in [5, 5.41) is 6.76. The van der Waals surface area contributed by atoms with Gasteiger partial charge in [-0.15, -0.1) is 11.3 Å². The SMILES string of the molecule is COc1ccc(-n2nc(CCN)cc2-c2cccs2)cc1OC. The minimum Gasteiger partial charge on any atom is -0.493 e. The first-order valence-corrected chi connectivity index (χ1v) is 8.20. The molecule has 2 aromatic heterocycles. The van der Waals surface area contributed by atoms with Crippen molar-refractivity contribution in [1.29, 1.82) is 0 Å². The fourth-order valence-corrected chi connectivity index (χ4v) is 3.18. The number of benzene rings is 1. The summed E-state index contributed by atoms with van der Waals surface area (Å²) in [6, 6.07) is 12.0. The average Bonchev–Trinajstić information content (AvgIpc) is 3.23. The Morgan fingerprint density at radius 1 is 1.13 bits per heavy atom. The number of aromatic nitrogens is 2. The molecule has 3 aromatic rings. The molecular formula is C17H19N3O2S. The molecule has 0 unspecified atom stereocenters. The number of thiophene rings is 1. The summed E-state index contributed by atoms with van der Waals surface area (Å²) >= 11 is 1.69. The van der Waals surface area contributed by atoms with E-state index in [0.29, 0.717) is 18.0 Å². The van der Waals surface area contributed by atoms with Crippen molar-refractivity contribution in [2.45, 2.75) is 6.42 Å². The second-order valence-electron chi connectivity index (χ2n) is 4.99. The standard InChI is InChI=1S/C17H19N3O2S/c1-21-15-6-5-13(11-16(15)22-2)20-14(17-4-3-9-23-17)10-12(19-20)7-8-18/h3-6,9-11H,7-8,18H2,1-2H3. The largest absolute Gasteiger partial charge is 0.493 e. The van der Waals surface area contributed by atoms with E-state index in [1.807, 2.05) is 28.9 Å². The molecule has 6 heteroatoms. The fourth-order valence-electron chi connectivity index (χ4n) is 2.45. The maximum Gasteiger partial charge on any atom is 0.162 e. The molecule has 0 amide bonds. The van der Waals surface area contributed by atoms with E-state index in [1.165, 1.54) is 0 Å². The lowest BCUT2D eigenvalue weighted by Gasteiger charge is -2.11. The maximum absolute atomic E-state index is 5.68. The Bertz CT molecular complexity index is 781. The summed E-state index contributed by atoms with van der Waals surface area (Å²) in [4.78, 5) is 1.16. The van der Waals surface area contributed by atoms with Crippen LogP contribution in [-0.2, 0) is 6.42 Å². The number of rotatable bonds is 6. The first-order chi connectivity index (χ1) is 11.3. The quantitative estimate of drug-likeness (QED) is 0.755. The number of ether oxygens (including phenoxy) is 2. The van der Waals surface area contributed by atoms with Crippen LogP contribution in [-0.4, -0.2) is 30.5 Å². The molecule has 0 aliphatic carbocycles. The van der Waals surface area contributed by atoms with Crippen molar-refractivity contribution >= 4 is 11.3 Å². The minimum absolute atomic E-state index is 0.576. The molecule has 0 saturated carbocycles. The molecule has 1 aromatic carbocycles. The van der Waals surface area contributed by atoms with Crippen LogP contribution in [0.2, 0.25) is 0 Å². The maximum atomic E-state index is 5.68. The lowest BCUT2D eigenvalue weighted by molar-refractivity contribution is 0.355. The van der Waals surface area contributed by atoms with Crippen LogP contribution in [0.15, 0.2) is 41.8 Å². The predicted molar refractivity (Wildman–Crippen MR) is 92.7 cm³/mol. The van der Waals surface area contributed by atoms with E-state index in [1.54, 1.807) is 25.6 Å². The number of nitrogens with two attached hydrogens (primary N) is 1. The smallest absolute Gasteiger partial charge is 0.162 e. The van der Waals surface area contributed by atoms with Crippen molar-refractivity contribution < 1.29 is 9.47 Å². The van der Waals surface area contributed by atoms with Gasteiger partial charge in [0.1, 0.15) is 0 Å². The second kappa shape index (κ2) is 6.85. The Morgan fingerprint density at radius 3 is 2.61 bits per heavy atom. The molecule has 3 rings (SSSR count). The summed E-state index contributed by atoms with van der Waals surface area (Å²) in [6.07, 6.45) is 0.749. The number of hydrogen-bond acceptors (Lipinski definition) is 5. The van der Waals surface area contributed by atoms with Gasteiger partial charge in [0.15, 0.2) is 11.5 Å². The van der Waals surface area contributed by atoms with Gasteiger partial charge in [0.2, 0.25) is 0 Å². The van der Waals surface area contributed by atoms with Crippen LogP contribution in [0.1, 0.15) is 5.69 Å². The Morgan fingerprint density at radius 2 is 1.96 bits per heavy atom. The third-order valence-electron chi connectivity index (χ3n) is 3.55. The highest BCUT2D eigenvalue weighted by Gasteiger charge is 2.14. The Balaban J connectivity index is 2.11. The molecule has 0 aliphatic heterocycles. The van der Waals surface area contributed by atoms with Crippen LogP contribution in [0, 0.1) is 0 Å². The molecule has 0 bridgehead atoms. The zero-order chi connectivity index (χ0) is 16.2. The first-order valence-electron chi connectivity index (χ1n) is 7.32. The fraction of sp³-hybridized carbons (Fsp3) is 0.235. The van der Waals surface area contributed by atoms with Gasteiger partial charge in [0.25, 0.3) is 0 Å². The van der Waals surface area contributed by atoms with Crippen molar-refractivity contribution in [1.82, 2.24) is 9.78 Å². The number of nitrogens with zero attached hydrogens (tertiary/aromatic N) is 2. The monoisotopic (exact) mass is 329 g/mol. The Kier molecular flexibility index (Phi) is 4.64. The summed E-state index contributed by atoms with van der Waals surface area (Å²) in [6.45, 7) is 0.576. The zero-order valence-electron chi connectivity index (χ0n) is 13.2. The summed E-state index contributed by atoms with van der Waals surface area (Å²) in [5.74, 6) is 1.38. The van der Waals surface area contributed by atoms with E-state index in [9.17, 15) is 0 Å². The normalized spacial score (nSPS) is 10.7. The molecule has 0 atom stereocenters. The van der Waals surface area contributed by atoms with Gasteiger partial charge in [-0.25, -0.2) is 4.68 Å². The van der Waals surface area contributed by atoms with Gasteiger partial charge in [-0.3, -0.25) is 0 Å².